The van der Waals surface area contributed by atoms with Gasteiger partial charge in [-0.25, -0.2) is 8.42 Å². The maximum Gasteiger partial charge on any atom is 0.255 e. The Morgan fingerprint density at radius 1 is 1.11 bits per heavy atom. The first-order chi connectivity index (χ1) is 13.3. The lowest BCUT2D eigenvalue weighted by Crippen LogP contribution is -2.28. The molecule has 1 saturated heterocycles. The van der Waals surface area contributed by atoms with Crippen molar-refractivity contribution in [3.63, 3.8) is 0 Å². The molecule has 1 aliphatic rings. The molecule has 1 N–H and O–H groups in total. The first-order valence-corrected chi connectivity index (χ1v) is 11.0. The van der Waals surface area contributed by atoms with Gasteiger partial charge in [0.15, 0.2) is 0 Å². The molecule has 2 aromatic carbocycles. The Morgan fingerprint density at radius 3 is 2.36 bits per heavy atom. The molecule has 0 aliphatic carbocycles. The molecule has 1 heterocycles. The standard InChI is InChI=1S/C20H23ClN2O4S/c1-14(2)27-17-8-6-16(7-9-17)22-20(24)15-5-10-18(21)19(13-15)28(25,26)23-11-3-4-12-23/h5-10,13-14H,3-4,11-12H2,1-2H3,(H,22,24). The summed E-state index contributed by atoms with van der Waals surface area (Å²) in [5.74, 6) is 0.297. The van der Waals surface area contributed by atoms with Crippen molar-refractivity contribution in [1.29, 1.82) is 0 Å². The summed E-state index contributed by atoms with van der Waals surface area (Å²) in [5.41, 5.74) is 0.810. The van der Waals surface area contributed by atoms with Gasteiger partial charge in [0.2, 0.25) is 10.0 Å². The van der Waals surface area contributed by atoms with Gasteiger partial charge in [0.05, 0.1) is 11.1 Å². The van der Waals surface area contributed by atoms with E-state index in [-0.39, 0.29) is 21.6 Å². The molecule has 0 bridgehead atoms. The quantitative estimate of drug-likeness (QED) is 0.758. The van der Waals surface area contributed by atoms with Gasteiger partial charge >= 0.3 is 0 Å². The Morgan fingerprint density at radius 2 is 1.75 bits per heavy atom. The number of anilines is 1. The molecule has 1 aliphatic heterocycles. The van der Waals surface area contributed by atoms with Crippen molar-refractivity contribution >= 4 is 33.2 Å². The zero-order valence-corrected chi connectivity index (χ0v) is 17.4. The van der Waals surface area contributed by atoms with Gasteiger partial charge in [0, 0.05) is 24.3 Å². The molecule has 0 spiro atoms. The summed E-state index contributed by atoms with van der Waals surface area (Å²) in [6.07, 6.45) is 1.71. The van der Waals surface area contributed by atoms with Crippen molar-refractivity contribution in [3.8, 4) is 5.75 Å². The number of sulfonamides is 1. The van der Waals surface area contributed by atoms with Gasteiger partial charge in [-0.2, -0.15) is 4.31 Å². The first kappa shape index (κ1) is 20.6. The van der Waals surface area contributed by atoms with Crippen LogP contribution in [0, 0.1) is 0 Å². The van der Waals surface area contributed by atoms with Crippen molar-refractivity contribution in [2.45, 2.75) is 37.7 Å². The lowest BCUT2D eigenvalue weighted by atomic mass is 10.2. The second kappa shape index (κ2) is 8.51. The van der Waals surface area contributed by atoms with E-state index < -0.39 is 15.9 Å². The molecule has 28 heavy (non-hydrogen) atoms. The van der Waals surface area contributed by atoms with Crippen LogP contribution < -0.4 is 10.1 Å². The van der Waals surface area contributed by atoms with Crippen LogP contribution >= 0.6 is 11.6 Å². The second-order valence-electron chi connectivity index (χ2n) is 6.90. The number of amides is 1. The van der Waals surface area contributed by atoms with Gasteiger partial charge < -0.3 is 10.1 Å². The largest absolute Gasteiger partial charge is 0.491 e. The Balaban J connectivity index is 1.79. The fourth-order valence-electron chi connectivity index (χ4n) is 3.00. The number of nitrogens with zero attached hydrogens (tertiary/aromatic N) is 1. The van der Waals surface area contributed by atoms with E-state index in [0.29, 0.717) is 24.5 Å². The van der Waals surface area contributed by atoms with Crippen molar-refractivity contribution in [1.82, 2.24) is 4.31 Å². The molecule has 0 unspecified atom stereocenters. The van der Waals surface area contributed by atoms with Crippen LogP contribution in [0.15, 0.2) is 47.4 Å². The summed E-state index contributed by atoms with van der Waals surface area (Å²) in [4.78, 5) is 12.6. The molecule has 0 aromatic heterocycles. The van der Waals surface area contributed by atoms with Crippen molar-refractivity contribution < 1.29 is 17.9 Å². The molecule has 8 heteroatoms. The highest BCUT2D eigenvalue weighted by Crippen LogP contribution is 2.28. The minimum Gasteiger partial charge on any atom is -0.491 e. The second-order valence-corrected chi connectivity index (χ2v) is 9.22. The third-order valence-corrected chi connectivity index (χ3v) is 6.74. The number of rotatable bonds is 6. The molecular weight excluding hydrogens is 400 g/mol. The number of nitrogens with one attached hydrogen (secondary N) is 1. The number of ether oxygens (including phenoxy) is 1. The van der Waals surface area contributed by atoms with E-state index in [4.69, 9.17) is 16.3 Å². The van der Waals surface area contributed by atoms with Crippen molar-refractivity contribution in [3.05, 3.63) is 53.1 Å². The molecule has 6 nitrogen and oxygen atoms in total. The summed E-state index contributed by atoms with van der Waals surface area (Å²) >= 11 is 6.13. The smallest absolute Gasteiger partial charge is 0.255 e. The van der Waals surface area contributed by atoms with E-state index in [2.05, 4.69) is 5.32 Å². The molecule has 3 rings (SSSR count). The molecule has 1 fully saturated rings. The lowest BCUT2D eigenvalue weighted by molar-refractivity contribution is 0.102. The van der Waals surface area contributed by atoms with Crippen LogP contribution in [0.25, 0.3) is 0 Å². The predicted octanol–water partition coefficient (Wildman–Crippen LogP) is 4.16. The molecule has 0 saturated carbocycles. The monoisotopic (exact) mass is 422 g/mol. The first-order valence-electron chi connectivity index (χ1n) is 9.15. The average Bonchev–Trinajstić information content (AvgIpc) is 3.18. The van der Waals surface area contributed by atoms with E-state index in [1.54, 1.807) is 24.3 Å². The zero-order valence-electron chi connectivity index (χ0n) is 15.8. The molecule has 1 amide bonds. The number of benzene rings is 2. The summed E-state index contributed by atoms with van der Waals surface area (Å²) in [5, 5.41) is 2.87. The molecule has 150 valence electrons. The molecule has 2 aromatic rings. The van der Waals surface area contributed by atoms with E-state index in [1.807, 2.05) is 13.8 Å². The van der Waals surface area contributed by atoms with Gasteiger partial charge in [-0.1, -0.05) is 11.6 Å². The number of hydrogen-bond donors (Lipinski definition) is 1. The molecular formula is C20H23ClN2O4S. The Hall–Kier alpha value is -2.09. The number of halogens is 1. The van der Waals surface area contributed by atoms with E-state index >= 15 is 0 Å². The normalized spacial score (nSPS) is 15.0. The number of carbonyl (C=O) groups is 1. The van der Waals surface area contributed by atoms with E-state index in [9.17, 15) is 13.2 Å². The maximum atomic E-state index is 12.8. The van der Waals surface area contributed by atoms with Crippen molar-refractivity contribution in [2.24, 2.45) is 0 Å². The fourth-order valence-corrected chi connectivity index (χ4v) is 5.02. The van der Waals surface area contributed by atoms with Gasteiger partial charge in [0.25, 0.3) is 5.91 Å². The zero-order chi connectivity index (χ0) is 20.3. The highest BCUT2D eigenvalue weighted by Gasteiger charge is 2.29. The minimum absolute atomic E-state index is 0.0376. The van der Waals surface area contributed by atoms with Crippen LogP contribution in [0.5, 0.6) is 5.75 Å². The highest BCUT2D eigenvalue weighted by atomic mass is 35.5. The van der Waals surface area contributed by atoms with E-state index in [0.717, 1.165) is 12.8 Å². The maximum absolute atomic E-state index is 12.8. The van der Waals surface area contributed by atoms with Gasteiger partial charge in [0.1, 0.15) is 10.6 Å². The Bertz CT molecular complexity index is 953. The third kappa shape index (κ3) is 4.66. The van der Waals surface area contributed by atoms with Gasteiger partial charge in [-0.05, 0) is 69.2 Å². The highest BCUT2D eigenvalue weighted by molar-refractivity contribution is 7.89. The van der Waals surface area contributed by atoms with Crippen LogP contribution in [0.2, 0.25) is 5.02 Å². The van der Waals surface area contributed by atoms with Gasteiger partial charge in [-0.3, -0.25) is 4.79 Å². The van der Waals surface area contributed by atoms with E-state index in [1.165, 1.54) is 22.5 Å². The SMILES string of the molecule is CC(C)Oc1ccc(NC(=O)c2ccc(Cl)c(S(=O)(=O)N3CCCC3)c2)cc1. The van der Waals surface area contributed by atoms with Crippen LogP contribution in [0.3, 0.4) is 0 Å². The predicted molar refractivity (Wildman–Crippen MR) is 110 cm³/mol. The summed E-state index contributed by atoms with van der Waals surface area (Å²) < 4.78 is 32.6. The third-order valence-electron chi connectivity index (χ3n) is 4.36. The summed E-state index contributed by atoms with van der Waals surface area (Å²) in [7, 11) is -3.71. The lowest BCUT2D eigenvalue weighted by Gasteiger charge is -2.17. The van der Waals surface area contributed by atoms with Crippen LogP contribution in [0.4, 0.5) is 5.69 Å². The molecule has 0 atom stereocenters. The average molecular weight is 423 g/mol. The van der Waals surface area contributed by atoms with Crippen LogP contribution in [0.1, 0.15) is 37.0 Å². The van der Waals surface area contributed by atoms with Crippen molar-refractivity contribution in [2.75, 3.05) is 18.4 Å². The number of carbonyl (C=O) groups excluding carboxylic acids is 1. The fraction of sp³-hybridized carbons (Fsp3) is 0.350. The summed E-state index contributed by atoms with van der Waals surface area (Å²) in [6, 6.07) is 11.3. The van der Waals surface area contributed by atoms with Gasteiger partial charge in [-0.15, -0.1) is 0 Å². The summed E-state index contributed by atoms with van der Waals surface area (Å²) in [6.45, 7) is 4.81. The number of hydrogen-bond acceptors (Lipinski definition) is 4. The van der Waals surface area contributed by atoms with Crippen LogP contribution in [-0.2, 0) is 10.0 Å². The van der Waals surface area contributed by atoms with Crippen LogP contribution in [-0.4, -0.2) is 37.8 Å². The molecule has 0 radical (unpaired) electrons. The topological polar surface area (TPSA) is 75.7 Å². The minimum atomic E-state index is -3.71. The Kier molecular flexibility index (Phi) is 6.27. The Labute approximate surface area is 170 Å².